The largest absolute Gasteiger partial charge is 0.496 e. The molecular weight excluding hydrogens is 333 g/mol. The molecule has 0 radical (unpaired) electrons. The van der Waals surface area contributed by atoms with Crippen LogP contribution in [0.3, 0.4) is 0 Å². The zero-order chi connectivity index (χ0) is 13.8. The van der Waals surface area contributed by atoms with E-state index < -0.39 is 0 Å². The molecule has 0 bridgehead atoms. The van der Waals surface area contributed by atoms with Crippen molar-refractivity contribution in [3.05, 3.63) is 57.3 Å². The van der Waals surface area contributed by atoms with Gasteiger partial charge in [0.1, 0.15) is 11.6 Å². The summed E-state index contributed by atoms with van der Waals surface area (Å²) in [6.07, 6.45) is 0. The van der Waals surface area contributed by atoms with E-state index in [1.807, 2.05) is 12.1 Å². The first kappa shape index (κ1) is 14.2. The van der Waals surface area contributed by atoms with Crippen LogP contribution in [0.5, 0.6) is 5.75 Å². The van der Waals surface area contributed by atoms with Crippen molar-refractivity contribution >= 4 is 33.2 Å². The summed E-state index contributed by atoms with van der Waals surface area (Å²) in [5, 5.41) is 3.73. The molecule has 0 fully saturated rings. The third kappa shape index (κ3) is 3.39. The highest BCUT2D eigenvalue weighted by Gasteiger charge is 2.08. The summed E-state index contributed by atoms with van der Waals surface area (Å²) in [4.78, 5) is 0. The lowest BCUT2D eigenvalue weighted by Gasteiger charge is -2.12. The lowest BCUT2D eigenvalue weighted by atomic mass is 10.2. The summed E-state index contributed by atoms with van der Waals surface area (Å²) in [6, 6.07) is 10.3. The van der Waals surface area contributed by atoms with Crippen LogP contribution in [-0.4, -0.2) is 7.11 Å². The fourth-order valence-electron chi connectivity index (χ4n) is 1.70. The van der Waals surface area contributed by atoms with Crippen molar-refractivity contribution in [2.75, 3.05) is 12.4 Å². The maximum Gasteiger partial charge on any atom is 0.139 e. The van der Waals surface area contributed by atoms with Crippen molar-refractivity contribution in [2.45, 2.75) is 6.54 Å². The molecule has 2 aromatic carbocycles. The highest BCUT2D eigenvalue weighted by molar-refractivity contribution is 9.10. The Hall–Kier alpha value is -1.26. The Morgan fingerprint density at radius 3 is 2.79 bits per heavy atom. The van der Waals surface area contributed by atoms with Gasteiger partial charge >= 0.3 is 0 Å². The Kier molecular flexibility index (Phi) is 4.66. The number of rotatable bonds is 4. The molecular formula is C14H12BrClFNO. The van der Waals surface area contributed by atoms with E-state index >= 15 is 0 Å². The van der Waals surface area contributed by atoms with Gasteiger partial charge in [-0.2, -0.15) is 0 Å². The highest BCUT2D eigenvalue weighted by Crippen LogP contribution is 2.27. The van der Waals surface area contributed by atoms with E-state index in [9.17, 15) is 4.39 Å². The summed E-state index contributed by atoms with van der Waals surface area (Å²) in [5.74, 6) is 0.397. The van der Waals surface area contributed by atoms with Gasteiger partial charge in [-0.05, 0) is 46.3 Å². The number of nitrogens with one attached hydrogen (secondary N) is 1. The van der Waals surface area contributed by atoms with Crippen LogP contribution < -0.4 is 10.1 Å². The van der Waals surface area contributed by atoms with Crippen molar-refractivity contribution < 1.29 is 9.13 Å². The molecule has 0 spiro atoms. The molecule has 0 aliphatic heterocycles. The number of halogens is 3. The molecule has 5 heteroatoms. The molecule has 2 aromatic rings. The van der Waals surface area contributed by atoms with E-state index in [-0.39, 0.29) is 5.82 Å². The van der Waals surface area contributed by atoms with Crippen molar-refractivity contribution in [2.24, 2.45) is 0 Å². The van der Waals surface area contributed by atoms with Crippen LogP contribution in [0.2, 0.25) is 5.02 Å². The smallest absolute Gasteiger partial charge is 0.139 e. The Bertz CT molecular complexity index is 592. The molecule has 0 amide bonds. The van der Waals surface area contributed by atoms with E-state index in [0.717, 1.165) is 5.56 Å². The molecule has 0 saturated heterocycles. The van der Waals surface area contributed by atoms with Crippen LogP contribution >= 0.6 is 27.5 Å². The summed E-state index contributed by atoms with van der Waals surface area (Å²) in [6.45, 7) is 0.462. The van der Waals surface area contributed by atoms with E-state index in [2.05, 4.69) is 21.2 Å². The topological polar surface area (TPSA) is 21.3 Å². The monoisotopic (exact) mass is 343 g/mol. The Morgan fingerprint density at radius 2 is 2.11 bits per heavy atom. The zero-order valence-corrected chi connectivity index (χ0v) is 12.6. The van der Waals surface area contributed by atoms with Crippen molar-refractivity contribution in [1.29, 1.82) is 0 Å². The Morgan fingerprint density at radius 1 is 1.32 bits per heavy atom. The summed E-state index contributed by atoms with van der Waals surface area (Å²) in [5.41, 5.74) is 1.53. The molecule has 0 saturated carbocycles. The van der Waals surface area contributed by atoms with Crippen molar-refractivity contribution in [3.63, 3.8) is 0 Å². The van der Waals surface area contributed by atoms with Crippen LogP contribution in [0.25, 0.3) is 0 Å². The second-order valence-electron chi connectivity index (χ2n) is 3.90. The van der Waals surface area contributed by atoms with Gasteiger partial charge in [-0.1, -0.05) is 17.7 Å². The molecule has 0 unspecified atom stereocenters. The van der Waals surface area contributed by atoms with E-state index in [1.165, 1.54) is 6.07 Å². The van der Waals surface area contributed by atoms with Gasteiger partial charge in [-0.15, -0.1) is 0 Å². The zero-order valence-electron chi connectivity index (χ0n) is 10.2. The number of hydrogen-bond acceptors (Lipinski definition) is 2. The number of methoxy groups -OCH3 is 1. The van der Waals surface area contributed by atoms with Crippen molar-refractivity contribution in [3.8, 4) is 5.75 Å². The SMILES string of the molecule is COc1cccc(Cl)c1CNc1ccc(Br)c(F)c1. The predicted octanol–water partition coefficient (Wildman–Crippen LogP) is 4.86. The number of hydrogen-bond donors (Lipinski definition) is 1. The van der Waals surface area contributed by atoms with Gasteiger partial charge in [0.25, 0.3) is 0 Å². The molecule has 0 heterocycles. The first-order valence-corrected chi connectivity index (χ1v) is 6.79. The van der Waals surface area contributed by atoms with E-state index in [1.54, 1.807) is 25.3 Å². The minimum Gasteiger partial charge on any atom is -0.496 e. The lowest BCUT2D eigenvalue weighted by molar-refractivity contribution is 0.410. The molecule has 0 aliphatic rings. The summed E-state index contributed by atoms with van der Waals surface area (Å²) >= 11 is 9.25. The maximum absolute atomic E-state index is 13.4. The molecule has 0 atom stereocenters. The van der Waals surface area contributed by atoms with Crippen molar-refractivity contribution in [1.82, 2.24) is 0 Å². The molecule has 19 heavy (non-hydrogen) atoms. The van der Waals surface area contributed by atoms with Gasteiger partial charge in [0, 0.05) is 22.8 Å². The molecule has 0 aromatic heterocycles. The fourth-order valence-corrected chi connectivity index (χ4v) is 2.18. The van der Waals surface area contributed by atoms with Crippen LogP contribution in [-0.2, 0) is 6.54 Å². The normalized spacial score (nSPS) is 10.3. The van der Waals surface area contributed by atoms with Gasteiger partial charge in [-0.3, -0.25) is 0 Å². The number of benzene rings is 2. The van der Waals surface area contributed by atoms with Crippen LogP contribution in [0.1, 0.15) is 5.56 Å². The Labute approximate surface area is 124 Å². The number of ether oxygens (including phenoxy) is 1. The predicted molar refractivity (Wildman–Crippen MR) is 79.4 cm³/mol. The quantitative estimate of drug-likeness (QED) is 0.855. The molecule has 1 N–H and O–H groups in total. The summed E-state index contributed by atoms with van der Waals surface area (Å²) < 4.78 is 19.1. The second-order valence-corrected chi connectivity index (χ2v) is 5.16. The van der Waals surface area contributed by atoms with Gasteiger partial charge in [0.2, 0.25) is 0 Å². The third-order valence-electron chi connectivity index (χ3n) is 2.68. The van der Waals surface area contributed by atoms with Crippen LogP contribution in [0.4, 0.5) is 10.1 Å². The lowest BCUT2D eigenvalue weighted by Crippen LogP contribution is -2.02. The fraction of sp³-hybridized carbons (Fsp3) is 0.143. The maximum atomic E-state index is 13.4. The van der Waals surface area contributed by atoms with Crippen LogP contribution in [0, 0.1) is 5.82 Å². The minimum absolute atomic E-state index is 0.309. The molecule has 2 rings (SSSR count). The van der Waals surface area contributed by atoms with Gasteiger partial charge in [0.15, 0.2) is 0 Å². The minimum atomic E-state index is -0.309. The molecule has 100 valence electrons. The summed E-state index contributed by atoms with van der Waals surface area (Å²) in [7, 11) is 1.59. The average molecular weight is 345 g/mol. The molecule has 2 nitrogen and oxygen atoms in total. The third-order valence-corrected chi connectivity index (χ3v) is 3.68. The van der Waals surface area contributed by atoms with Gasteiger partial charge in [0.05, 0.1) is 11.6 Å². The molecule has 0 aliphatic carbocycles. The average Bonchev–Trinajstić information content (AvgIpc) is 2.41. The van der Waals surface area contributed by atoms with Gasteiger partial charge < -0.3 is 10.1 Å². The highest BCUT2D eigenvalue weighted by atomic mass is 79.9. The van der Waals surface area contributed by atoms with E-state index in [4.69, 9.17) is 16.3 Å². The van der Waals surface area contributed by atoms with Crippen LogP contribution in [0.15, 0.2) is 40.9 Å². The first-order valence-electron chi connectivity index (χ1n) is 5.62. The first-order chi connectivity index (χ1) is 9.11. The van der Waals surface area contributed by atoms with E-state index in [0.29, 0.717) is 27.5 Å². The Balaban J connectivity index is 2.16. The second kappa shape index (κ2) is 6.26. The standard InChI is InChI=1S/C14H12BrClFNO/c1-19-14-4-2-3-12(16)10(14)8-18-9-5-6-11(15)13(17)7-9/h2-7,18H,8H2,1H3. The number of anilines is 1. The van der Waals surface area contributed by atoms with Gasteiger partial charge in [-0.25, -0.2) is 4.39 Å².